The number of esters is 3. The van der Waals surface area contributed by atoms with Crippen molar-refractivity contribution in [2.45, 2.75) is 90.4 Å². The lowest BCUT2D eigenvalue weighted by atomic mass is 9.95. The number of nitrogens with zero attached hydrogens (tertiary/aromatic N) is 1. The van der Waals surface area contributed by atoms with Gasteiger partial charge in [-0.3, -0.25) is 33.6 Å². The molecule has 5 unspecified atom stereocenters. The van der Waals surface area contributed by atoms with Gasteiger partial charge < -0.3 is 34.4 Å². The number of ether oxygens (including phenoxy) is 4. The molecule has 16 heteroatoms. The zero-order valence-electron chi connectivity index (χ0n) is 21.9. The minimum Gasteiger partial charge on any atom is -0.463 e. The molecule has 2 saturated heterocycles. The van der Waals surface area contributed by atoms with E-state index in [0.29, 0.717) is 5.06 Å². The van der Waals surface area contributed by atoms with Crippen LogP contribution in [0.1, 0.15) is 59.8 Å². The Morgan fingerprint density at radius 3 is 1.97 bits per heavy atom. The van der Waals surface area contributed by atoms with Crippen LogP contribution in [0, 0.1) is 0 Å². The van der Waals surface area contributed by atoms with E-state index in [1.807, 2.05) is 0 Å². The molecule has 39 heavy (non-hydrogen) atoms. The number of hydroxylamine groups is 2. The average Bonchev–Trinajstić information content (AvgIpc) is 3.12. The van der Waals surface area contributed by atoms with Crippen molar-refractivity contribution in [1.29, 1.82) is 0 Å². The van der Waals surface area contributed by atoms with Crippen LogP contribution in [0.25, 0.3) is 0 Å². The highest BCUT2D eigenvalue weighted by atomic mass is 16.7. The zero-order valence-corrected chi connectivity index (χ0v) is 21.9. The summed E-state index contributed by atoms with van der Waals surface area (Å²) in [6.07, 6.45) is -5.92. The highest BCUT2D eigenvalue weighted by molar-refractivity contribution is 6.01. The summed E-state index contributed by atoms with van der Waals surface area (Å²) in [5, 5.41) is 5.41. The lowest BCUT2D eigenvalue weighted by Gasteiger charge is -2.45. The lowest BCUT2D eigenvalue weighted by molar-refractivity contribution is -0.228. The van der Waals surface area contributed by atoms with E-state index in [9.17, 15) is 38.4 Å². The molecule has 2 fully saturated rings. The molecule has 2 aliphatic heterocycles. The lowest BCUT2D eigenvalue weighted by Crippen LogP contribution is -2.69. The SMILES string of the molecule is CC(=O)NC1C(NC(=O)CCCC(=O)ON2C(=O)CCC2=O)OC(COC(C)=O)C(OC(C)=O)C1OC(C)=O. The van der Waals surface area contributed by atoms with E-state index in [2.05, 4.69) is 10.6 Å². The van der Waals surface area contributed by atoms with Gasteiger partial charge in [-0.25, -0.2) is 4.79 Å². The van der Waals surface area contributed by atoms with E-state index < -0.39 is 84.7 Å². The van der Waals surface area contributed by atoms with Gasteiger partial charge in [0, 0.05) is 53.4 Å². The van der Waals surface area contributed by atoms with E-state index >= 15 is 0 Å². The molecular weight excluding hydrogens is 526 g/mol. The fraction of sp³-hybridized carbons (Fsp3) is 0.652. The van der Waals surface area contributed by atoms with Crippen LogP contribution in [0.5, 0.6) is 0 Å². The Hall–Kier alpha value is -4.08. The van der Waals surface area contributed by atoms with Crippen molar-refractivity contribution in [3.63, 3.8) is 0 Å². The van der Waals surface area contributed by atoms with Crippen molar-refractivity contribution in [2.24, 2.45) is 0 Å². The Balaban J connectivity index is 2.12. The van der Waals surface area contributed by atoms with Gasteiger partial charge in [-0.05, 0) is 6.42 Å². The average molecular weight is 558 g/mol. The van der Waals surface area contributed by atoms with Crippen molar-refractivity contribution in [3.05, 3.63) is 0 Å². The fourth-order valence-corrected chi connectivity index (χ4v) is 3.88. The van der Waals surface area contributed by atoms with Gasteiger partial charge in [0.2, 0.25) is 11.8 Å². The van der Waals surface area contributed by atoms with Gasteiger partial charge in [0.25, 0.3) is 11.8 Å². The Morgan fingerprint density at radius 1 is 0.846 bits per heavy atom. The molecule has 0 radical (unpaired) electrons. The molecule has 0 aromatic carbocycles. The molecule has 2 rings (SSSR count). The van der Waals surface area contributed by atoms with E-state index in [4.69, 9.17) is 23.8 Å². The summed E-state index contributed by atoms with van der Waals surface area (Å²) in [4.78, 5) is 99.5. The number of hydrogen-bond donors (Lipinski definition) is 2. The van der Waals surface area contributed by atoms with Crippen LogP contribution in [0.2, 0.25) is 0 Å². The molecule has 216 valence electrons. The van der Waals surface area contributed by atoms with Crippen LogP contribution in [-0.2, 0) is 62.1 Å². The smallest absolute Gasteiger partial charge is 0.333 e. The molecule has 4 amide bonds. The Morgan fingerprint density at radius 2 is 1.44 bits per heavy atom. The number of carbonyl (C=O) groups is 8. The molecular formula is C23H31N3O13. The summed E-state index contributed by atoms with van der Waals surface area (Å²) in [6.45, 7) is 4.03. The Labute approximate surface area is 222 Å². The number of amides is 4. The predicted molar refractivity (Wildman–Crippen MR) is 123 cm³/mol. The molecule has 0 aromatic rings. The number of nitrogens with one attached hydrogen (secondary N) is 2. The topological polar surface area (TPSA) is 210 Å². The summed E-state index contributed by atoms with van der Waals surface area (Å²) >= 11 is 0. The van der Waals surface area contributed by atoms with E-state index in [1.165, 1.54) is 0 Å². The van der Waals surface area contributed by atoms with Crippen molar-refractivity contribution in [1.82, 2.24) is 15.7 Å². The molecule has 0 spiro atoms. The van der Waals surface area contributed by atoms with Crippen LogP contribution in [-0.4, -0.2) is 89.8 Å². The second-order valence-electron chi connectivity index (χ2n) is 8.74. The molecule has 2 heterocycles. The standard InChI is InChI=1S/C23H31N3O13/c1-11(27)24-20-22(37-14(4)30)21(36-13(3)29)15(10-35-12(2)28)38-23(20)25-16(31)6-5-7-19(34)39-26-17(32)8-9-18(26)33/h15,20-23H,5-10H2,1-4H3,(H,24,27)(H,25,31). The minimum atomic E-state index is -1.35. The summed E-state index contributed by atoms with van der Waals surface area (Å²) in [6, 6.07) is -1.23. The fourth-order valence-electron chi connectivity index (χ4n) is 3.88. The molecule has 0 aromatic heterocycles. The second kappa shape index (κ2) is 14.2. The van der Waals surface area contributed by atoms with Crippen molar-refractivity contribution in [3.8, 4) is 0 Å². The van der Waals surface area contributed by atoms with Crippen LogP contribution >= 0.6 is 0 Å². The number of imide groups is 1. The van der Waals surface area contributed by atoms with E-state index in [-0.39, 0.29) is 32.1 Å². The van der Waals surface area contributed by atoms with Gasteiger partial charge in [0.15, 0.2) is 18.4 Å². The number of rotatable bonds is 11. The van der Waals surface area contributed by atoms with Gasteiger partial charge >= 0.3 is 23.9 Å². The highest BCUT2D eigenvalue weighted by Crippen LogP contribution is 2.26. The highest BCUT2D eigenvalue weighted by Gasteiger charge is 2.51. The maximum absolute atomic E-state index is 12.7. The third-order valence-electron chi connectivity index (χ3n) is 5.40. The Kier molecular flexibility index (Phi) is 11.3. The minimum absolute atomic E-state index is 0.0429. The molecule has 0 aliphatic carbocycles. The van der Waals surface area contributed by atoms with E-state index in [0.717, 1.165) is 27.7 Å². The quantitative estimate of drug-likeness (QED) is 0.169. The molecule has 2 N–H and O–H groups in total. The zero-order chi connectivity index (χ0) is 29.3. The maximum Gasteiger partial charge on any atom is 0.333 e. The van der Waals surface area contributed by atoms with Crippen LogP contribution < -0.4 is 10.6 Å². The first-order valence-corrected chi connectivity index (χ1v) is 12.0. The molecule has 0 saturated carbocycles. The number of carbonyl (C=O) groups excluding carboxylic acids is 8. The molecule has 0 bridgehead atoms. The van der Waals surface area contributed by atoms with Gasteiger partial charge in [0.05, 0.1) is 0 Å². The molecule has 2 aliphatic rings. The second-order valence-corrected chi connectivity index (χ2v) is 8.74. The third-order valence-corrected chi connectivity index (χ3v) is 5.40. The normalized spacial score (nSPS) is 24.4. The van der Waals surface area contributed by atoms with Crippen LogP contribution in [0.15, 0.2) is 0 Å². The summed E-state index contributed by atoms with van der Waals surface area (Å²) in [5.74, 6) is -5.66. The Bertz CT molecular complexity index is 997. The summed E-state index contributed by atoms with van der Waals surface area (Å²) < 4.78 is 21.4. The van der Waals surface area contributed by atoms with Crippen molar-refractivity contribution >= 4 is 47.5 Å². The van der Waals surface area contributed by atoms with Gasteiger partial charge in [-0.1, -0.05) is 0 Å². The summed E-state index contributed by atoms with van der Waals surface area (Å²) in [7, 11) is 0. The third kappa shape index (κ3) is 9.63. The first-order chi connectivity index (χ1) is 18.3. The summed E-state index contributed by atoms with van der Waals surface area (Å²) in [5.41, 5.74) is 0. The number of hydrogen-bond acceptors (Lipinski definition) is 13. The van der Waals surface area contributed by atoms with Crippen molar-refractivity contribution < 1.29 is 62.1 Å². The first-order valence-electron chi connectivity index (χ1n) is 12.0. The monoisotopic (exact) mass is 557 g/mol. The molecule has 5 atom stereocenters. The predicted octanol–water partition coefficient (Wildman–Crippen LogP) is -1.46. The first kappa shape index (κ1) is 31.1. The van der Waals surface area contributed by atoms with Gasteiger partial charge in [-0.2, -0.15) is 0 Å². The van der Waals surface area contributed by atoms with Crippen molar-refractivity contribution in [2.75, 3.05) is 6.61 Å². The van der Waals surface area contributed by atoms with Crippen LogP contribution in [0.3, 0.4) is 0 Å². The van der Waals surface area contributed by atoms with Crippen LogP contribution in [0.4, 0.5) is 0 Å². The molecule has 16 nitrogen and oxygen atoms in total. The van der Waals surface area contributed by atoms with Gasteiger partial charge in [-0.15, -0.1) is 5.06 Å². The maximum atomic E-state index is 12.7. The largest absolute Gasteiger partial charge is 0.463 e. The van der Waals surface area contributed by atoms with E-state index in [1.54, 1.807) is 0 Å². The van der Waals surface area contributed by atoms with Gasteiger partial charge in [0.1, 0.15) is 18.8 Å².